The first-order valence-corrected chi connectivity index (χ1v) is 12.7. The van der Waals surface area contributed by atoms with Crippen LogP contribution in [0.4, 0.5) is 0 Å². The predicted molar refractivity (Wildman–Crippen MR) is 133 cm³/mol. The molecule has 0 unspecified atom stereocenters. The fraction of sp³-hybridized carbons (Fsp3) is 0.370. The van der Waals surface area contributed by atoms with Crippen LogP contribution in [0.3, 0.4) is 0 Å². The van der Waals surface area contributed by atoms with Crippen molar-refractivity contribution in [3.05, 3.63) is 56.6 Å². The lowest BCUT2D eigenvalue weighted by Crippen LogP contribution is -2.40. The summed E-state index contributed by atoms with van der Waals surface area (Å²) >= 11 is 3.43. The number of phenolic OH excluding ortho intramolecular Hbond substituents is 1. The molecule has 1 aliphatic heterocycles. The third-order valence-electron chi connectivity index (χ3n) is 7.81. The second kappa shape index (κ2) is 9.09. The standard InChI is InChI=1S/C27H24BrNO8/c1-11-7-18(30)16-10-15-13(3-4-14-22(15)27(36)29(26(14)35)6-5-20(31)32)21(23(16)24(11)33)17-8-12(28)9-19(37-2)25(17)34/h3,7-9,14-15,21-22,34H,4-6,10H2,1-2H3,(H,31,32)/t14-,15+,21+,22-/m0/s1. The number of ether oxygens (including phenoxy) is 1. The Kier molecular flexibility index (Phi) is 6.18. The van der Waals surface area contributed by atoms with Gasteiger partial charge in [0.15, 0.2) is 23.1 Å². The van der Waals surface area contributed by atoms with Crippen LogP contribution in [0.15, 0.2) is 51.0 Å². The number of Topliss-reactive ketones (excluding diaryl/α,β-unsaturated/α-hetero) is 1. The van der Waals surface area contributed by atoms with Gasteiger partial charge in [-0.2, -0.15) is 0 Å². The number of carbonyl (C=O) groups excluding carboxylic acids is 4. The summed E-state index contributed by atoms with van der Waals surface area (Å²) in [6, 6.07) is 3.24. The fourth-order valence-electron chi connectivity index (χ4n) is 6.18. The van der Waals surface area contributed by atoms with Crippen molar-refractivity contribution in [3.63, 3.8) is 0 Å². The molecule has 0 radical (unpaired) electrons. The van der Waals surface area contributed by atoms with Crippen molar-refractivity contribution >= 4 is 45.3 Å². The molecule has 0 bridgehead atoms. The van der Waals surface area contributed by atoms with Gasteiger partial charge in [-0.15, -0.1) is 0 Å². The monoisotopic (exact) mass is 569 g/mol. The van der Waals surface area contributed by atoms with Crippen molar-refractivity contribution in [3.8, 4) is 11.5 Å². The minimum Gasteiger partial charge on any atom is -0.504 e. The van der Waals surface area contributed by atoms with Crippen molar-refractivity contribution in [1.82, 2.24) is 4.90 Å². The van der Waals surface area contributed by atoms with Crippen molar-refractivity contribution < 1.29 is 38.9 Å². The summed E-state index contributed by atoms with van der Waals surface area (Å²) in [6.07, 6.45) is 3.10. The molecule has 2 amide bonds. The second-order valence-electron chi connectivity index (χ2n) is 9.75. The van der Waals surface area contributed by atoms with Crippen LogP contribution in [0.1, 0.15) is 37.7 Å². The zero-order chi connectivity index (χ0) is 26.8. The van der Waals surface area contributed by atoms with Crippen LogP contribution in [0, 0.1) is 17.8 Å². The molecule has 0 aromatic heterocycles. The first kappa shape index (κ1) is 25.1. The summed E-state index contributed by atoms with van der Waals surface area (Å²) in [4.78, 5) is 65.3. The van der Waals surface area contributed by atoms with Gasteiger partial charge in [0.2, 0.25) is 11.8 Å². The van der Waals surface area contributed by atoms with Gasteiger partial charge in [-0.05, 0) is 43.9 Å². The van der Waals surface area contributed by atoms with Gasteiger partial charge < -0.3 is 14.9 Å². The van der Waals surface area contributed by atoms with E-state index in [9.17, 15) is 29.1 Å². The Morgan fingerprint density at radius 3 is 2.57 bits per heavy atom. The van der Waals surface area contributed by atoms with Crippen LogP contribution in [0.25, 0.3) is 0 Å². The highest BCUT2D eigenvalue weighted by molar-refractivity contribution is 9.10. The number of fused-ring (bicyclic) bond motifs is 3. The van der Waals surface area contributed by atoms with E-state index in [1.54, 1.807) is 19.1 Å². The number of aromatic hydroxyl groups is 1. The van der Waals surface area contributed by atoms with Gasteiger partial charge in [0.05, 0.1) is 25.4 Å². The number of aliphatic carboxylic acids is 1. The summed E-state index contributed by atoms with van der Waals surface area (Å²) in [6.45, 7) is 1.35. The second-order valence-corrected chi connectivity index (χ2v) is 10.7. The number of nitrogens with zero attached hydrogens (tertiary/aromatic N) is 1. The van der Waals surface area contributed by atoms with E-state index in [-0.39, 0.29) is 65.6 Å². The summed E-state index contributed by atoms with van der Waals surface area (Å²) in [7, 11) is 1.40. The first-order chi connectivity index (χ1) is 17.5. The summed E-state index contributed by atoms with van der Waals surface area (Å²) in [5.74, 6) is -5.50. The lowest BCUT2D eigenvalue weighted by molar-refractivity contribution is -0.142. The molecule has 37 heavy (non-hydrogen) atoms. The van der Waals surface area contributed by atoms with Crippen molar-refractivity contribution in [1.29, 1.82) is 0 Å². The molecule has 1 aromatic carbocycles. The van der Waals surface area contributed by atoms with Gasteiger partial charge >= 0.3 is 5.97 Å². The number of rotatable bonds is 5. The molecule has 4 aliphatic rings. The van der Waals surface area contributed by atoms with Crippen molar-refractivity contribution in [2.45, 2.75) is 32.1 Å². The maximum Gasteiger partial charge on any atom is 0.305 e. The largest absolute Gasteiger partial charge is 0.504 e. The number of carboxylic acid groups (broad SMARTS) is 1. The molecule has 3 aliphatic carbocycles. The summed E-state index contributed by atoms with van der Waals surface area (Å²) in [5, 5.41) is 20.2. The summed E-state index contributed by atoms with van der Waals surface area (Å²) in [5.41, 5.74) is 1.86. The SMILES string of the molecule is COc1cc(Br)cc([C@H]2C3=CC[C@@H]4C(=O)N(CCC(=O)O)C(=O)[C@@H]4[C@@H]3CC3=C2C(=O)C(C)=CC3=O)c1O. The van der Waals surface area contributed by atoms with E-state index in [0.29, 0.717) is 15.6 Å². The summed E-state index contributed by atoms with van der Waals surface area (Å²) < 4.78 is 5.91. The van der Waals surface area contributed by atoms with E-state index < -0.39 is 41.5 Å². The topological polar surface area (TPSA) is 138 Å². The highest BCUT2D eigenvalue weighted by atomic mass is 79.9. The molecule has 2 N–H and O–H groups in total. The molecule has 4 atom stereocenters. The van der Waals surface area contributed by atoms with E-state index in [4.69, 9.17) is 9.84 Å². The first-order valence-electron chi connectivity index (χ1n) is 11.9. The molecule has 10 heteroatoms. The number of likely N-dealkylation sites (tertiary alicyclic amines) is 1. The van der Waals surface area contributed by atoms with Crippen LogP contribution < -0.4 is 4.74 Å². The zero-order valence-corrected chi connectivity index (χ0v) is 21.7. The Balaban J connectivity index is 1.67. The highest BCUT2D eigenvalue weighted by Crippen LogP contribution is 2.57. The van der Waals surface area contributed by atoms with Crippen LogP contribution in [0.5, 0.6) is 11.5 Å². The molecular formula is C27H24BrNO8. The highest BCUT2D eigenvalue weighted by Gasteiger charge is 2.56. The number of hydrogen-bond acceptors (Lipinski definition) is 7. The normalized spacial score (nSPS) is 26.9. The molecule has 1 saturated heterocycles. The molecule has 0 spiro atoms. The van der Waals surface area contributed by atoms with Gasteiger partial charge in [0.1, 0.15) is 0 Å². The van der Waals surface area contributed by atoms with E-state index in [2.05, 4.69) is 15.9 Å². The number of allylic oxidation sites excluding steroid dienone is 6. The predicted octanol–water partition coefficient (Wildman–Crippen LogP) is 3.07. The molecule has 5 rings (SSSR count). The number of ketones is 2. The number of halogens is 1. The van der Waals surface area contributed by atoms with Gasteiger partial charge in [-0.1, -0.05) is 27.6 Å². The number of hydrogen-bond donors (Lipinski definition) is 2. The Hall–Kier alpha value is -3.53. The van der Waals surface area contributed by atoms with Gasteiger partial charge in [0.25, 0.3) is 0 Å². The lowest BCUT2D eigenvalue weighted by Gasteiger charge is -2.42. The average Bonchev–Trinajstić information content (AvgIpc) is 3.10. The van der Waals surface area contributed by atoms with Crippen LogP contribution in [-0.2, 0) is 24.0 Å². The number of amides is 2. The molecule has 1 aromatic rings. The molecule has 192 valence electrons. The quantitative estimate of drug-likeness (QED) is 0.313. The molecule has 1 heterocycles. The number of carbonyl (C=O) groups is 5. The van der Waals surface area contributed by atoms with Crippen molar-refractivity contribution in [2.75, 3.05) is 13.7 Å². The van der Waals surface area contributed by atoms with Crippen LogP contribution in [0.2, 0.25) is 0 Å². The lowest BCUT2D eigenvalue weighted by atomic mass is 9.59. The average molecular weight is 570 g/mol. The Morgan fingerprint density at radius 1 is 1.16 bits per heavy atom. The molecule has 0 saturated carbocycles. The maximum atomic E-state index is 13.5. The number of phenols is 1. The fourth-order valence-corrected chi connectivity index (χ4v) is 6.63. The minimum absolute atomic E-state index is 0.102. The number of carboxylic acids is 1. The Labute approximate surface area is 220 Å². The molecular weight excluding hydrogens is 546 g/mol. The number of benzene rings is 1. The number of imide groups is 1. The molecule has 9 nitrogen and oxygen atoms in total. The third kappa shape index (κ3) is 3.85. The van der Waals surface area contributed by atoms with E-state index in [0.717, 1.165) is 4.90 Å². The Morgan fingerprint density at radius 2 is 1.89 bits per heavy atom. The number of methoxy groups -OCH3 is 1. The molecule has 1 fully saturated rings. The van der Waals surface area contributed by atoms with Gasteiger partial charge in [-0.3, -0.25) is 28.9 Å². The zero-order valence-electron chi connectivity index (χ0n) is 20.1. The van der Waals surface area contributed by atoms with Crippen molar-refractivity contribution in [2.24, 2.45) is 17.8 Å². The van der Waals surface area contributed by atoms with E-state index in [1.165, 1.54) is 13.2 Å². The van der Waals surface area contributed by atoms with Gasteiger partial charge in [0, 0.05) is 39.2 Å². The smallest absolute Gasteiger partial charge is 0.305 e. The van der Waals surface area contributed by atoms with E-state index >= 15 is 0 Å². The maximum absolute atomic E-state index is 13.5. The third-order valence-corrected chi connectivity index (χ3v) is 8.26. The van der Waals surface area contributed by atoms with Crippen LogP contribution >= 0.6 is 15.9 Å². The minimum atomic E-state index is -1.12. The Bertz CT molecular complexity index is 1390. The van der Waals surface area contributed by atoms with Crippen LogP contribution in [-0.4, -0.2) is 58.1 Å². The van der Waals surface area contributed by atoms with Gasteiger partial charge in [-0.25, -0.2) is 0 Å². The van der Waals surface area contributed by atoms with E-state index in [1.807, 2.05) is 6.08 Å².